The highest BCUT2D eigenvalue weighted by Gasteiger charge is 2.13. The number of ether oxygens (including phenoxy) is 1. The lowest BCUT2D eigenvalue weighted by molar-refractivity contribution is 0.377. The smallest absolute Gasteiger partial charge is 0.216 e. The Hall–Kier alpha value is -1.12. The number of aromatic nitrogens is 2. The molecule has 0 saturated heterocycles. The van der Waals surface area contributed by atoms with Crippen molar-refractivity contribution in [2.75, 3.05) is 7.11 Å². The molecule has 0 bridgehead atoms. The molecule has 1 heterocycles. The van der Waals surface area contributed by atoms with Crippen LogP contribution in [0, 0.1) is 5.41 Å². The van der Waals surface area contributed by atoms with Gasteiger partial charge < -0.3 is 4.74 Å². The Morgan fingerprint density at radius 3 is 2.62 bits per heavy atom. The van der Waals surface area contributed by atoms with Gasteiger partial charge in [0.05, 0.1) is 7.11 Å². The van der Waals surface area contributed by atoms with Gasteiger partial charge in [0.2, 0.25) is 5.88 Å². The van der Waals surface area contributed by atoms with Crippen molar-refractivity contribution in [1.82, 2.24) is 9.97 Å². The first-order valence-corrected chi connectivity index (χ1v) is 4.37. The first-order valence-electron chi connectivity index (χ1n) is 4.37. The van der Waals surface area contributed by atoms with Crippen LogP contribution in [0.4, 0.5) is 0 Å². The van der Waals surface area contributed by atoms with E-state index in [2.05, 4.69) is 30.7 Å². The van der Waals surface area contributed by atoms with E-state index in [1.54, 1.807) is 19.4 Å². The standard InChI is InChI=1S/C10H16N2O/c1-10(2,3)7-8-11-6-5-9(12-8)13-4/h5-6H,7H2,1-4H3. The molecular weight excluding hydrogens is 164 g/mol. The maximum atomic E-state index is 5.02. The van der Waals surface area contributed by atoms with E-state index in [-0.39, 0.29) is 5.41 Å². The average molecular weight is 180 g/mol. The molecule has 13 heavy (non-hydrogen) atoms. The Labute approximate surface area is 79.2 Å². The van der Waals surface area contributed by atoms with E-state index >= 15 is 0 Å². The summed E-state index contributed by atoms with van der Waals surface area (Å²) in [6.45, 7) is 6.49. The second-order valence-corrected chi connectivity index (χ2v) is 4.25. The predicted molar refractivity (Wildman–Crippen MR) is 51.7 cm³/mol. The van der Waals surface area contributed by atoms with Crippen LogP contribution in [0.25, 0.3) is 0 Å². The minimum Gasteiger partial charge on any atom is -0.481 e. The van der Waals surface area contributed by atoms with Crippen LogP contribution in [0.5, 0.6) is 5.88 Å². The molecule has 0 radical (unpaired) electrons. The zero-order valence-corrected chi connectivity index (χ0v) is 8.66. The molecule has 0 amide bonds. The lowest BCUT2D eigenvalue weighted by Gasteiger charge is -2.16. The summed E-state index contributed by atoms with van der Waals surface area (Å²) < 4.78 is 5.02. The maximum Gasteiger partial charge on any atom is 0.216 e. The van der Waals surface area contributed by atoms with Crippen molar-refractivity contribution in [2.24, 2.45) is 5.41 Å². The second-order valence-electron chi connectivity index (χ2n) is 4.25. The molecule has 0 N–H and O–H groups in total. The van der Waals surface area contributed by atoms with Crippen LogP contribution < -0.4 is 4.74 Å². The van der Waals surface area contributed by atoms with Gasteiger partial charge >= 0.3 is 0 Å². The monoisotopic (exact) mass is 180 g/mol. The molecule has 1 aromatic heterocycles. The molecule has 0 atom stereocenters. The molecule has 3 heteroatoms. The number of nitrogens with zero attached hydrogens (tertiary/aromatic N) is 2. The minimum atomic E-state index is 0.215. The highest BCUT2D eigenvalue weighted by molar-refractivity contribution is 5.08. The molecular formula is C10H16N2O. The zero-order chi connectivity index (χ0) is 9.90. The van der Waals surface area contributed by atoms with E-state index in [0.717, 1.165) is 12.2 Å². The maximum absolute atomic E-state index is 5.02. The van der Waals surface area contributed by atoms with Gasteiger partial charge in [0, 0.05) is 18.7 Å². The summed E-state index contributed by atoms with van der Waals surface area (Å²) in [7, 11) is 1.61. The lowest BCUT2D eigenvalue weighted by atomic mass is 9.92. The average Bonchev–Trinajstić information content (AvgIpc) is 2.01. The molecule has 0 fully saturated rings. The molecule has 3 nitrogen and oxygen atoms in total. The molecule has 1 aromatic rings. The van der Waals surface area contributed by atoms with Gasteiger partial charge in [-0.05, 0) is 5.41 Å². The van der Waals surface area contributed by atoms with Gasteiger partial charge in [0.15, 0.2) is 0 Å². The third kappa shape index (κ3) is 3.40. The van der Waals surface area contributed by atoms with Crippen LogP contribution in [0.2, 0.25) is 0 Å². The normalized spacial score (nSPS) is 11.4. The largest absolute Gasteiger partial charge is 0.481 e. The van der Waals surface area contributed by atoms with Crippen molar-refractivity contribution in [3.63, 3.8) is 0 Å². The number of rotatable bonds is 2. The number of hydrogen-bond donors (Lipinski definition) is 0. The summed E-state index contributed by atoms with van der Waals surface area (Å²) >= 11 is 0. The van der Waals surface area contributed by atoms with Crippen molar-refractivity contribution >= 4 is 0 Å². The van der Waals surface area contributed by atoms with Crippen LogP contribution in [0.15, 0.2) is 12.3 Å². The van der Waals surface area contributed by atoms with Gasteiger partial charge in [-0.1, -0.05) is 20.8 Å². The molecule has 0 aromatic carbocycles. The molecule has 72 valence electrons. The van der Waals surface area contributed by atoms with Gasteiger partial charge in [-0.15, -0.1) is 0 Å². The molecule has 1 rings (SSSR count). The van der Waals surface area contributed by atoms with Crippen molar-refractivity contribution in [2.45, 2.75) is 27.2 Å². The lowest BCUT2D eigenvalue weighted by Crippen LogP contribution is -2.12. The highest BCUT2D eigenvalue weighted by Crippen LogP contribution is 2.18. The number of hydrogen-bond acceptors (Lipinski definition) is 3. The van der Waals surface area contributed by atoms with Crippen LogP contribution in [0.3, 0.4) is 0 Å². The third-order valence-corrected chi connectivity index (χ3v) is 1.58. The van der Waals surface area contributed by atoms with E-state index in [4.69, 9.17) is 4.74 Å². The van der Waals surface area contributed by atoms with Gasteiger partial charge in [0.1, 0.15) is 5.82 Å². The van der Waals surface area contributed by atoms with E-state index < -0.39 is 0 Å². The molecule has 0 saturated carbocycles. The van der Waals surface area contributed by atoms with Gasteiger partial charge in [-0.2, -0.15) is 4.98 Å². The molecule has 0 aliphatic rings. The Bertz CT molecular complexity index is 278. The van der Waals surface area contributed by atoms with E-state index in [1.807, 2.05) is 0 Å². The Balaban J connectivity index is 2.78. The topological polar surface area (TPSA) is 35.0 Å². The van der Waals surface area contributed by atoms with Gasteiger partial charge in [0.25, 0.3) is 0 Å². The van der Waals surface area contributed by atoms with Crippen LogP contribution >= 0.6 is 0 Å². The van der Waals surface area contributed by atoms with Crippen LogP contribution in [-0.4, -0.2) is 17.1 Å². The van der Waals surface area contributed by atoms with Crippen molar-refractivity contribution in [1.29, 1.82) is 0 Å². The fourth-order valence-corrected chi connectivity index (χ4v) is 1.05. The van der Waals surface area contributed by atoms with Crippen molar-refractivity contribution < 1.29 is 4.74 Å². The minimum absolute atomic E-state index is 0.215. The second kappa shape index (κ2) is 3.73. The number of methoxy groups -OCH3 is 1. The Morgan fingerprint density at radius 2 is 2.08 bits per heavy atom. The molecule has 0 aliphatic heterocycles. The van der Waals surface area contributed by atoms with Crippen molar-refractivity contribution in [3.8, 4) is 5.88 Å². The Morgan fingerprint density at radius 1 is 1.38 bits per heavy atom. The summed E-state index contributed by atoms with van der Waals surface area (Å²) in [4.78, 5) is 8.42. The summed E-state index contributed by atoms with van der Waals surface area (Å²) in [6.07, 6.45) is 2.59. The van der Waals surface area contributed by atoms with Gasteiger partial charge in [-0.3, -0.25) is 0 Å². The van der Waals surface area contributed by atoms with Crippen molar-refractivity contribution in [3.05, 3.63) is 18.1 Å². The molecule has 0 unspecified atom stereocenters. The first-order chi connectivity index (χ1) is 6.01. The fraction of sp³-hybridized carbons (Fsp3) is 0.600. The van der Waals surface area contributed by atoms with E-state index in [1.165, 1.54) is 0 Å². The quantitative estimate of drug-likeness (QED) is 0.699. The predicted octanol–water partition coefficient (Wildman–Crippen LogP) is 2.07. The van der Waals surface area contributed by atoms with Crippen LogP contribution in [-0.2, 0) is 6.42 Å². The molecule has 0 spiro atoms. The zero-order valence-electron chi connectivity index (χ0n) is 8.66. The van der Waals surface area contributed by atoms with E-state index in [0.29, 0.717) is 5.88 Å². The SMILES string of the molecule is COc1ccnc(CC(C)(C)C)n1. The summed E-state index contributed by atoms with van der Waals surface area (Å²) in [5.41, 5.74) is 0.215. The molecule has 0 aliphatic carbocycles. The first kappa shape index (κ1) is 9.96. The summed E-state index contributed by atoms with van der Waals surface area (Å²) in [5, 5.41) is 0. The fourth-order valence-electron chi connectivity index (χ4n) is 1.05. The summed E-state index contributed by atoms with van der Waals surface area (Å²) in [6, 6.07) is 1.76. The van der Waals surface area contributed by atoms with E-state index in [9.17, 15) is 0 Å². The highest BCUT2D eigenvalue weighted by atomic mass is 16.5. The van der Waals surface area contributed by atoms with Gasteiger partial charge in [-0.25, -0.2) is 4.98 Å². The third-order valence-electron chi connectivity index (χ3n) is 1.58. The van der Waals surface area contributed by atoms with Crippen LogP contribution in [0.1, 0.15) is 26.6 Å². The summed E-state index contributed by atoms with van der Waals surface area (Å²) in [5.74, 6) is 1.47. The Kier molecular flexibility index (Phi) is 2.86.